The van der Waals surface area contributed by atoms with Crippen molar-refractivity contribution in [1.29, 1.82) is 0 Å². The Morgan fingerprint density at radius 3 is 2.40 bits per heavy atom. The summed E-state index contributed by atoms with van der Waals surface area (Å²) in [5, 5.41) is 11.6. The lowest BCUT2D eigenvalue weighted by molar-refractivity contribution is 0.102. The summed E-state index contributed by atoms with van der Waals surface area (Å²) in [6.07, 6.45) is 1.69. The van der Waals surface area contributed by atoms with Crippen LogP contribution in [0.2, 0.25) is 0 Å². The van der Waals surface area contributed by atoms with Crippen molar-refractivity contribution < 1.29 is 4.79 Å². The molecule has 0 aliphatic heterocycles. The SMILES string of the molecule is CCn1ncc(NC(=O)c2ccc(Cn3nc(C)cc3C)cc2)c1C. The third kappa shape index (κ3) is 3.63. The zero-order valence-electron chi connectivity index (χ0n) is 15.1. The van der Waals surface area contributed by atoms with Crippen LogP contribution in [0.3, 0.4) is 0 Å². The van der Waals surface area contributed by atoms with Crippen molar-refractivity contribution >= 4 is 11.6 Å². The number of nitrogens with one attached hydrogen (secondary N) is 1. The van der Waals surface area contributed by atoms with Gasteiger partial charge in [-0.1, -0.05) is 12.1 Å². The van der Waals surface area contributed by atoms with Crippen LogP contribution in [-0.2, 0) is 13.1 Å². The Balaban J connectivity index is 1.70. The Hall–Kier alpha value is -2.89. The van der Waals surface area contributed by atoms with Gasteiger partial charge in [-0.3, -0.25) is 14.2 Å². The first kappa shape index (κ1) is 17.0. The molecule has 0 saturated carbocycles. The quantitative estimate of drug-likeness (QED) is 0.777. The fourth-order valence-corrected chi connectivity index (χ4v) is 2.85. The summed E-state index contributed by atoms with van der Waals surface area (Å²) in [5.74, 6) is -0.128. The summed E-state index contributed by atoms with van der Waals surface area (Å²) >= 11 is 0. The molecule has 2 heterocycles. The second-order valence-corrected chi connectivity index (χ2v) is 6.20. The maximum Gasteiger partial charge on any atom is 0.255 e. The molecule has 0 bridgehead atoms. The van der Waals surface area contributed by atoms with E-state index >= 15 is 0 Å². The van der Waals surface area contributed by atoms with Crippen molar-refractivity contribution in [3.63, 3.8) is 0 Å². The first-order chi connectivity index (χ1) is 12.0. The normalized spacial score (nSPS) is 10.9. The van der Waals surface area contributed by atoms with E-state index in [0.717, 1.165) is 34.9 Å². The molecule has 3 rings (SSSR count). The lowest BCUT2D eigenvalue weighted by atomic mass is 10.1. The van der Waals surface area contributed by atoms with Crippen LogP contribution >= 0.6 is 0 Å². The van der Waals surface area contributed by atoms with Crippen molar-refractivity contribution in [3.05, 3.63) is 64.7 Å². The van der Waals surface area contributed by atoms with Crippen LogP contribution in [0.5, 0.6) is 0 Å². The summed E-state index contributed by atoms with van der Waals surface area (Å²) in [6.45, 7) is 9.48. The van der Waals surface area contributed by atoms with Gasteiger partial charge in [-0.2, -0.15) is 10.2 Å². The van der Waals surface area contributed by atoms with E-state index in [2.05, 4.69) is 21.6 Å². The molecule has 0 aliphatic rings. The van der Waals surface area contributed by atoms with Gasteiger partial charge >= 0.3 is 0 Å². The molecule has 6 nitrogen and oxygen atoms in total. The largest absolute Gasteiger partial charge is 0.319 e. The van der Waals surface area contributed by atoms with Crippen LogP contribution in [0, 0.1) is 20.8 Å². The Kier molecular flexibility index (Phi) is 4.70. The van der Waals surface area contributed by atoms with Crippen LogP contribution in [0.25, 0.3) is 0 Å². The van der Waals surface area contributed by atoms with Crippen LogP contribution < -0.4 is 5.32 Å². The number of rotatable bonds is 5. The number of anilines is 1. The molecule has 0 unspecified atom stereocenters. The van der Waals surface area contributed by atoms with E-state index < -0.39 is 0 Å². The van der Waals surface area contributed by atoms with E-state index in [9.17, 15) is 4.79 Å². The summed E-state index contributed by atoms with van der Waals surface area (Å²) < 4.78 is 3.82. The monoisotopic (exact) mass is 337 g/mol. The molecule has 1 aromatic carbocycles. The average molecular weight is 337 g/mol. The number of carbonyl (C=O) groups excluding carboxylic acids is 1. The van der Waals surface area contributed by atoms with Gasteiger partial charge in [-0.15, -0.1) is 0 Å². The highest BCUT2D eigenvalue weighted by Crippen LogP contribution is 2.15. The number of aryl methyl sites for hydroxylation is 3. The van der Waals surface area contributed by atoms with Gasteiger partial charge in [0.25, 0.3) is 5.91 Å². The average Bonchev–Trinajstić information content (AvgIpc) is 3.10. The Bertz CT molecular complexity index is 889. The van der Waals surface area contributed by atoms with E-state index in [0.29, 0.717) is 12.1 Å². The minimum absolute atomic E-state index is 0.128. The van der Waals surface area contributed by atoms with Gasteiger partial charge < -0.3 is 5.32 Å². The third-order valence-corrected chi connectivity index (χ3v) is 4.30. The maximum absolute atomic E-state index is 12.4. The molecule has 6 heteroatoms. The molecule has 0 aliphatic carbocycles. The lowest BCUT2D eigenvalue weighted by Crippen LogP contribution is -2.13. The first-order valence-electron chi connectivity index (χ1n) is 8.41. The zero-order valence-corrected chi connectivity index (χ0v) is 15.1. The van der Waals surface area contributed by atoms with Gasteiger partial charge in [0.05, 0.1) is 29.8 Å². The number of aromatic nitrogens is 4. The predicted octanol–water partition coefficient (Wildman–Crippen LogP) is 3.33. The van der Waals surface area contributed by atoms with E-state index in [1.165, 1.54) is 0 Å². The molecule has 3 aromatic rings. The molecular formula is C19H23N5O. The van der Waals surface area contributed by atoms with Gasteiger partial charge in [-0.05, 0) is 51.5 Å². The topological polar surface area (TPSA) is 64.7 Å². The van der Waals surface area contributed by atoms with Crippen LogP contribution in [0.4, 0.5) is 5.69 Å². The molecule has 0 atom stereocenters. The number of carbonyl (C=O) groups is 1. The Morgan fingerprint density at radius 1 is 1.12 bits per heavy atom. The molecule has 1 amide bonds. The second-order valence-electron chi connectivity index (χ2n) is 6.20. The van der Waals surface area contributed by atoms with Gasteiger partial charge in [0.2, 0.25) is 0 Å². The molecule has 1 N–H and O–H groups in total. The van der Waals surface area contributed by atoms with Crippen molar-refractivity contribution in [2.45, 2.75) is 40.8 Å². The van der Waals surface area contributed by atoms with E-state index in [4.69, 9.17) is 0 Å². The molecule has 0 spiro atoms. The molecule has 0 fully saturated rings. The summed E-state index contributed by atoms with van der Waals surface area (Å²) in [4.78, 5) is 12.4. The van der Waals surface area contributed by atoms with E-state index in [-0.39, 0.29) is 5.91 Å². The van der Waals surface area contributed by atoms with Crippen molar-refractivity contribution in [2.75, 3.05) is 5.32 Å². The molecular weight excluding hydrogens is 314 g/mol. The third-order valence-electron chi connectivity index (χ3n) is 4.30. The summed E-state index contributed by atoms with van der Waals surface area (Å²) in [5.41, 5.74) is 5.58. The molecule has 2 aromatic heterocycles. The van der Waals surface area contributed by atoms with Crippen LogP contribution in [0.1, 0.15) is 39.9 Å². The lowest BCUT2D eigenvalue weighted by Gasteiger charge is -2.07. The van der Waals surface area contributed by atoms with Gasteiger partial charge in [-0.25, -0.2) is 0 Å². The van der Waals surface area contributed by atoms with Crippen molar-refractivity contribution in [3.8, 4) is 0 Å². The highest BCUT2D eigenvalue weighted by atomic mass is 16.1. The molecule has 25 heavy (non-hydrogen) atoms. The highest BCUT2D eigenvalue weighted by molar-refractivity contribution is 6.04. The number of amides is 1. The fourth-order valence-electron chi connectivity index (χ4n) is 2.85. The van der Waals surface area contributed by atoms with Gasteiger partial charge in [0.15, 0.2) is 0 Å². The molecule has 130 valence electrons. The van der Waals surface area contributed by atoms with Crippen molar-refractivity contribution in [1.82, 2.24) is 19.6 Å². The minimum Gasteiger partial charge on any atom is -0.319 e. The number of hydrogen-bond acceptors (Lipinski definition) is 3. The van der Waals surface area contributed by atoms with E-state index in [1.807, 2.05) is 61.3 Å². The number of benzene rings is 1. The molecule has 0 saturated heterocycles. The minimum atomic E-state index is -0.128. The predicted molar refractivity (Wildman–Crippen MR) is 97.8 cm³/mol. The maximum atomic E-state index is 12.4. The highest BCUT2D eigenvalue weighted by Gasteiger charge is 2.11. The smallest absolute Gasteiger partial charge is 0.255 e. The summed E-state index contributed by atoms with van der Waals surface area (Å²) in [7, 11) is 0. The second kappa shape index (κ2) is 6.93. The van der Waals surface area contributed by atoms with Crippen molar-refractivity contribution in [2.24, 2.45) is 0 Å². The van der Waals surface area contributed by atoms with Crippen LogP contribution in [-0.4, -0.2) is 25.5 Å². The first-order valence-corrected chi connectivity index (χ1v) is 8.41. The number of hydrogen-bond donors (Lipinski definition) is 1. The fraction of sp³-hybridized carbons (Fsp3) is 0.316. The Labute approximate surface area is 147 Å². The van der Waals surface area contributed by atoms with E-state index in [1.54, 1.807) is 6.20 Å². The summed E-state index contributed by atoms with van der Waals surface area (Å²) in [6, 6.07) is 9.67. The van der Waals surface area contributed by atoms with Crippen LogP contribution in [0.15, 0.2) is 36.5 Å². The standard InChI is InChI=1S/C19H23N5O/c1-5-23-15(4)18(11-20-23)21-19(25)17-8-6-16(7-9-17)12-24-14(3)10-13(2)22-24/h6-11H,5,12H2,1-4H3,(H,21,25). The molecule has 0 radical (unpaired) electrons. The van der Waals surface area contributed by atoms with Gasteiger partial charge in [0.1, 0.15) is 0 Å². The van der Waals surface area contributed by atoms with Gasteiger partial charge in [0, 0.05) is 17.8 Å². The zero-order chi connectivity index (χ0) is 18.0. The Morgan fingerprint density at radius 2 is 1.84 bits per heavy atom. The number of nitrogens with zero attached hydrogens (tertiary/aromatic N) is 4.